The van der Waals surface area contributed by atoms with Crippen LogP contribution >= 0.6 is 15.9 Å². The molecule has 0 aliphatic rings. The van der Waals surface area contributed by atoms with Crippen molar-refractivity contribution in [3.05, 3.63) is 93.5 Å². The molecule has 0 bridgehead atoms. The summed E-state index contributed by atoms with van der Waals surface area (Å²) in [6, 6.07) is 18.6. The summed E-state index contributed by atoms with van der Waals surface area (Å²) in [6.07, 6.45) is 0.743. The number of carbonyl (C=O) groups excluding carboxylic acids is 2. The first-order valence-electron chi connectivity index (χ1n) is 13.3. The fourth-order valence-electron chi connectivity index (χ4n) is 4.32. The van der Waals surface area contributed by atoms with Gasteiger partial charge in [0.1, 0.15) is 12.6 Å². The van der Waals surface area contributed by atoms with Crippen molar-refractivity contribution in [2.24, 2.45) is 0 Å². The van der Waals surface area contributed by atoms with E-state index in [1.54, 1.807) is 37.3 Å². The highest BCUT2D eigenvalue weighted by Gasteiger charge is 2.33. The van der Waals surface area contributed by atoms with E-state index in [9.17, 15) is 18.0 Å². The smallest absolute Gasteiger partial charge is 0.264 e. The highest BCUT2D eigenvalue weighted by atomic mass is 79.9. The van der Waals surface area contributed by atoms with Crippen molar-refractivity contribution >= 4 is 43.5 Å². The van der Waals surface area contributed by atoms with E-state index in [1.165, 1.54) is 4.90 Å². The van der Waals surface area contributed by atoms with Gasteiger partial charge >= 0.3 is 0 Å². The molecule has 0 aromatic heterocycles. The van der Waals surface area contributed by atoms with Gasteiger partial charge in [-0.1, -0.05) is 70.4 Å². The molecule has 0 unspecified atom stereocenters. The Labute approximate surface area is 246 Å². The lowest BCUT2D eigenvalue weighted by Crippen LogP contribution is -2.52. The molecular weight excluding hydrogens is 590 g/mol. The molecule has 0 heterocycles. The summed E-state index contributed by atoms with van der Waals surface area (Å²) >= 11 is 3.47. The van der Waals surface area contributed by atoms with Crippen LogP contribution in [0.4, 0.5) is 5.69 Å². The maximum atomic E-state index is 14.1. The zero-order chi connectivity index (χ0) is 29.6. The SMILES string of the molecule is CC[C@@H](C)NC(=O)[C@@H](C)N(Cc1cccc(Br)c1)C(=O)CN(c1ccc(C)cc1C)S(=O)(=O)c1ccc(C)cc1. The maximum absolute atomic E-state index is 14.1. The van der Waals surface area contributed by atoms with Crippen molar-refractivity contribution in [2.45, 2.75) is 71.5 Å². The fourth-order valence-corrected chi connectivity index (χ4v) is 6.24. The second-order valence-electron chi connectivity index (χ2n) is 10.3. The number of nitrogens with one attached hydrogen (secondary N) is 1. The first-order chi connectivity index (χ1) is 18.8. The molecule has 3 aromatic rings. The molecule has 2 amide bonds. The molecule has 7 nitrogen and oxygen atoms in total. The van der Waals surface area contributed by atoms with Crippen LogP contribution in [0.1, 0.15) is 49.4 Å². The van der Waals surface area contributed by atoms with Crippen LogP contribution in [-0.2, 0) is 26.2 Å². The third-order valence-corrected chi connectivity index (χ3v) is 9.19. The Balaban J connectivity index is 2.06. The van der Waals surface area contributed by atoms with Crippen molar-refractivity contribution < 1.29 is 18.0 Å². The normalized spacial score (nSPS) is 12.9. The zero-order valence-corrected chi connectivity index (χ0v) is 26.3. The standard InChI is InChI=1S/C31H38BrN3O4S/c1-7-24(5)33-31(37)25(6)34(19-26-9-8-10-27(32)18-26)30(36)20-35(29-16-13-22(3)17-23(29)4)40(38,39)28-14-11-21(2)12-15-28/h8-18,24-25H,7,19-20H2,1-6H3,(H,33,37)/t24-,25-/m1/s1. The molecule has 0 spiro atoms. The molecule has 0 radical (unpaired) electrons. The molecule has 214 valence electrons. The van der Waals surface area contributed by atoms with E-state index < -0.39 is 28.5 Å². The monoisotopic (exact) mass is 627 g/mol. The predicted octanol–water partition coefficient (Wildman–Crippen LogP) is 5.90. The van der Waals surface area contributed by atoms with Gasteiger partial charge < -0.3 is 10.2 Å². The number of nitrogens with zero attached hydrogens (tertiary/aromatic N) is 2. The Hall–Kier alpha value is -3.17. The van der Waals surface area contributed by atoms with Gasteiger partial charge in [0.2, 0.25) is 11.8 Å². The Bertz CT molecular complexity index is 1460. The van der Waals surface area contributed by atoms with E-state index >= 15 is 0 Å². The average Bonchev–Trinajstić information content (AvgIpc) is 2.90. The summed E-state index contributed by atoms with van der Waals surface area (Å²) in [6.45, 7) is 10.9. The second kappa shape index (κ2) is 13.5. The van der Waals surface area contributed by atoms with Crippen molar-refractivity contribution in [2.75, 3.05) is 10.8 Å². The summed E-state index contributed by atoms with van der Waals surface area (Å²) in [4.78, 5) is 28.8. The highest BCUT2D eigenvalue weighted by molar-refractivity contribution is 9.10. The quantitative estimate of drug-likeness (QED) is 0.287. The first-order valence-corrected chi connectivity index (χ1v) is 15.6. The number of halogens is 1. The van der Waals surface area contributed by atoms with Gasteiger partial charge in [-0.3, -0.25) is 13.9 Å². The van der Waals surface area contributed by atoms with Crippen LogP contribution in [-0.4, -0.2) is 43.8 Å². The number of benzene rings is 3. The lowest BCUT2D eigenvalue weighted by atomic mass is 10.1. The van der Waals surface area contributed by atoms with Crippen LogP contribution < -0.4 is 9.62 Å². The number of anilines is 1. The fraction of sp³-hybridized carbons (Fsp3) is 0.355. The molecule has 0 aliphatic carbocycles. The molecule has 0 saturated heterocycles. The van der Waals surface area contributed by atoms with E-state index in [0.29, 0.717) is 5.69 Å². The summed E-state index contributed by atoms with van der Waals surface area (Å²) in [7, 11) is -4.11. The summed E-state index contributed by atoms with van der Waals surface area (Å²) in [5.41, 5.74) is 3.86. The molecule has 9 heteroatoms. The number of sulfonamides is 1. The number of rotatable bonds is 11. The van der Waals surface area contributed by atoms with E-state index in [-0.39, 0.29) is 23.4 Å². The summed E-state index contributed by atoms with van der Waals surface area (Å²) < 4.78 is 30.0. The molecule has 40 heavy (non-hydrogen) atoms. The van der Waals surface area contributed by atoms with Crippen LogP contribution in [0.2, 0.25) is 0 Å². The number of amides is 2. The van der Waals surface area contributed by atoms with Crippen LogP contribution in [0.15, 0.2) is 76.1 Å². The van der Waals surface area contributed by atoms with Crippen LogP contribution in [0.5, 0.6) is 0 Å². The minimum absolute atomic E-state index is 0.0635. The van der Waals surface area contributed by atoms with E-state index in [1.807, 2.05) is 71.0 Å². The van der Waals surface area contributed by atoms with Crippen LogP contribution in [0, 0.1) is 20.8 Å². The minimum Gasteiger partial charge on any atom is -0.352 e. The maximum Gasteiger partial charge on any atom is 0.264 e. The molecule has 3 aromatic carbocycles. The average molecular weight is 629 g/mol. The van der Waals surface area contributed by atoms with Crippen LogP contribution in [0.25, 0.3) is 0 Å². The van der Waals surface area contributed by atoms with E-state index in [2.05, 4.69) is 21.2 Å². The van der Waals surface area contributed by atoms with Gasteiger partial charge in [0.25, 0.3) is 10.0 Å². The first kappa shape index (κ1) is 31.4. The zero-order valence-electron chi connectivity index (χ0n) is 23.9. The summed E-state index contributed by atoms with van der Waals surface area (Å²) in [5.74, 6) is -0.778. The summed E-state index contributed by atoms with van der Waals surface area (Å²) in [5, 5.41) is 2.95. The van der Waals surface area contributed by atoms with Gasteiger partial charge in [-0.25, -0.2) is 8.42 Å². The number of aryl methyl sites for hydroxylation is 3. The van der Waals surface area contributed by atoms with Crippen molar-refractivity contribution in [1.29, 1.82) is 0 Å². The lowest BCUT2D eigenvalue weighted by Gasteiger charge is -2.33. The Morgan fingerprint density at radius 2 is 1.57 bits per heavy atom. The van der Waals surface area contributed by atoms with Gasteiger partial charge in [-0.05, 0) is 82.5 Å². The number of carbonyl (C=O) groups is 2. The van der Waals surface area contributed by atoms with E-state index in [0.717, 1.165) is 37.5 Å². The topological polar surface area (TPSA) is 86.8 Å². The Morgan fingerprint density at radius 3 is 2.17 bits per heavy atom. The van der Waals surface area contributed by atoms with Crippen LogP contribution in [0.3, 0.4) is 0 Å². The van der Waals surface area contributed by atoms with Gasteiger partial charge in [0.15, 0.2) is 0 Å². The third-order valence-electron chi connectivity index (χ3n) is 6.92. The minimum atomic E-state index is -4.11. The van der Waals surface area contributed by atoms with Crippen molar-refractivity contribution in [3.8, 4) is 0 Å². The number of hydrogen-bond acceptors (Lipinski definition) is 4. The Kier molecular flexibility index (Phi) is 10.6. The molecule has 0 fully saturated rings. The highest BCUT2D eigenvalue weighted by Crippen LogP contribution is 2.28. The molecule has 3 rings (SSSR count). The molecular formula is C31H38BrN3O4S. The van der Waals surface area contributed by atoms with E-state index in [4.69, 9.17) is 0 Å². The molecule has 1 N–H and O–H groups in total. The van der Waals surface area contributed by atoms with Gasteiger partial charge in [0.05, 0.1) is 10.6 Å². The Morgan fingerprint density at radius 1 is 0.925 bits per heavy atom. The van der Waals surface area contributed by atoms with Crippen molar-refractivity contribution in [1.82, 2.24) is 10.2 Å². The van der Waals surface area contributed by atoms with Gasteiger partial charge in [-0.15, -0.1) is 0 Å². The lowest BCUT2D eigenvalue weighted by molar-refractivity contribution is -0.139. The predicted molar refractivity (Wildman–Crippen MR) is 164 cm³/mol. The van der Waals surface area contributed by atoms with Gasteiger partial charge in [-0.2, -0.15) is 0 Å². The second-order valence-corrected chi connectivity index (χ2v) is 13.0. The molecule has 0 aliphatic heterocycles. The third kappa shape index (κ3) is 7.73. The van der Waals surface area contributed by atoms with Gasteiger partial charge in [0, 0.05) is 17.1 Å². The molecule has 2 atom stereocenters. The largest absolute Gasteiger partial charge is 0.352 e. The van der Waals surface area contributed by atoms with Crippen molar-refractivity contribution in [3.63, 3.8) is 0 Å². The molecule has 0 saturated carbocycles. The number of hydrogen-bond donors (Lipinski definition) is 1.